The summed E-state index contributed by atoms with van der Waals surface area (Å²) in [6, 6.07) is 0. The Balaban J connectivity index is 1.65. The molecule has 3 aliphatic carbocycles. The van der Waals surface area contributed by atoms with Gasteiger partial charge in [0.15, 0.2) is 6.10 Å². The lowest BCUT2D eigenvalue weighted by molar-refractivity contribution is -0.150. The Morgan fingerprint density at radius 3 is 2.88 bits per heavy atom. The van der Waals surface area contributed by atoms with E-state index in [1.807, 2.05) is 0 Å². The minimum absolute atomic E-state index is 0.302. The zero-order valence-electron chi connectivity index (χ0n) is 10.3. The number of ether oxygens (including phenoxy) is 2. The van der Waals surface area contributed by atoms with Crippen molar-refractivity contribution in [3.05, 3.63) is 24.0 Å². The van der Waals surface area contributed by atoms with Crippen molar-refractivity contribution in [2.24, 2.45) is 23.7 Å². The van der Waals surface area contributed by atoms with Crippen LogP contribution in [0, 0.1) is 23.7 Å². The maximum atomic E-state index is 11.3. The first-order valence-electron chi connectivity index (χ1n) is 6.32. The average molecular weight is 234 g/mol. The molecular weight excluding hydrogens is 216 g/mol. The molecule has 3 nitrogen and oxygen atoms in total. The van der Waals surface area contributed by atoms with Crippen molar-refractivity contribution in [2.45, 2.75) is 25.9 Å². The van der Waals surface area contributed by atoms with Crippen LogP contribution in [0.3, 0.4) is 0 Å². The minimum Gasteiger partial charge on any atom is -0.484 e. The Morgan fingerprint density at radius 1 is 1.41 bits per heavy atom. The zero-order chi connectivity index (χ0) is 12.0. The van der Waals surface area contributed by atoms with Gasteiger partial charge < -0.3 is 9.47 Å². The van der Waals surface area contributed by atoms with E-state index in [0.29, 0.717) is 17.8 Å². The molecule has 0 radical (unpaired) electrons. The van der Waals surface area contributed by atoms with Crippen LogP contribution in [0.2, 0.25) is 0 Å². The number of esters is 1. The molecule has 3 rings (SSSR count). The van der Waals surface area contributed by atoms with Gasteiger partial charge in [-0.3, -0.25) is 0 Å². The van der Waals surface area contributed by atoms with E-state index in [1.165, 1.54) is 13.5 Å². The maximum absolute atomic E-state index is 11.3. The predicted molar refractivity (Wildman–Crippen MR) is 63.0 cm³/mol. The highest BCUT2D eigenvalue weighted by Crippen LogP contribution is 2.54. The van der Waals surface area contributed by atoms with Crippen LogP contribution in [0.1, 0.15) is 19.8 Å². The first-order valence-corrected chi connectivity index (χ1v) is 6.32. The Labute approximate surface area is 101 Å². The zero-order valence-corrected chi connectivity index (χ0v) is 10.3. The van der Waals surface area contributed by atoms with Gasteiger partial charge in [-0.15, -0.1) is 0 Å². The average Bonchev–Trinajstić information content (AvgIpc) is 2.98. The molecule has 5 unspecified atom stereocenters. The number of fused-ring (bicyclic) bond motifs is 5. The Bertz CT molecular complexity index is 396. The van der Waals surface area contributed by atoms with E-state index in [2.05, 4.69) is 23.0 Å². The summed E-state index contributed by atoms with van der Waals surface area (Å²) in [7, 11) is 1.39. The number of allylic oxidation sites excluding steroid dienone is 4. The summed E-state index contributed by atoms with van der Waals surface area (Å²) >= 11 is 0. The van der Waals surface area contributed by atoms with Crippen molar-refractivity contribution >= 4 is 5.97 Å². The summed E-state index contributed by atoms with van der Waals surface area (Å²) in [5.74, 6) is 3.48. The number of hydrogen-bond acceptors (Lipinski definition) is 3. The van der Waals surface area contributed by atoms with Gasteiger partial charge in [-0.1, -0.05) is 12.2 Å². The van der Waals surface area contributed by atoms with Crippen LogP contribution in [0.4, 0.5) is 0 Å². The van der Waals surface area contributed by atoms with Gasteiger partial charge in [0.05, 0.1) is 12.9 Å². The molecule has 0 amide bonds. The number of hydrogen-bond donors (Lipinski definition) is 0. The van der Waals surface area contributed by atoms with Gasteiger partial charge >= 0.3 is 5.97 Å². The molecule has 0 N–H and O–H groups in total. The van der Waals surface area contributed by atoms with Crippen LogP contribution in [0.15, 0.2) is 24.0 Å². The topological polar surface area (TPSA) is 35.5 Å². The molecule has 0 aromatic heterocycles. The van der Waals surface area contributed by atoms with Gasteiger partial charge in [0.25, 0.3) is 0 Å². The van der Waals surface area contributed by atoms with E-state index in [1.54, 1.807) is 6.92 Å². The summed E-state index contributed by atoms with van der Waals surface area (Å²) in [4.78, 5) is 11.3. The SMILES string of the molecule is COC(=O)C(C)OC1=CC2C3C=CC(C3)C2C1. The summed E-state index contributed by atoms with van der Waals surface area (Å²) < 4.78 is 10.4. The summed E-state index contributed by atoms with van der Waals surface area (Å²) in [6.45, 7) is 1.74. The van der Waals surface area contributed by atoms with Crippen LogP contribution in [0.25, 0.3) is 0 Å². The molecule has 0 spiro atoms. The number of carbonyl (C=O) groups excluding carboxylic acids is 1. The fraction of sp³-hybridized carbons (Fsp3) is 0.643. The van der Waals surface area contributed by atoms with Crippen LogP contribution < -0.4 is 0 Å². The van der Waals surface area contributed by atoms with E-state index in [-0.39, 0.29) is 5.97 Å². The Hall–Kier alpha value is -1.25. The molecule has 0 heterocycles. The molecule has 1 fully saturated rings. The first kappa shape index (κ1) is 10.9. The van der Waals surface area contributed by atoms with Crippen molar-refractivity contribution in [3.8, 4) is 0 Å². The van der Waals surface area contributed by atoms with Crippen LogP contribution in [-0.4, -0.2) is 19.2 Å². The Morgan fingerprint density at radius 2 is 2.18 bits per heavy atom. The molecule has 3 heteroatoms. The molecule has 5 atom stereocenters. The highest BCUT2D eigenvalue weighted by Gasteiger charge is 2.47. The Kier molecular flexibility index (Phi) is 2.49. The van der Waals surface area contributed by atoms with E-state index < -0.39 is 6.10 Å². The largest absolute Gasteiger partial charge is 0.484 e. The third-order valence-electron chi connectivity index (χ3n) is 4.37. The van der Waals surface area contributed by atoms with E-state index in [9.17, 15) is 4.79 Å². The van der Waals surface area contributed by atoms with Crippen LogP contribution >= 0.6 is 0 Å². The minimum atomic E-state index is -0.490. The molecule has 0 aromatic carbocycles. The molecule has 0 aliphatic heterocycles. The van der Waals surface area contributed by atoms with Gasteiger partial charge in [-0.05, 0) is 43.1 Å². The molecule has 17 heavy (non-hydrogen) atoms. The van der Waals surface area contributed by atoms with Gasteiger partial charge in [-0.25, -0.2) is 4.79 Å². The van der Waals surface area contributed by atoms with Crippen molar-refractivity contribution in [3.63, 3.8) is 0 Å². The standard InChI is InChI=1S/C14H18O3/c1-8(14(15)16-2)17-11-6-12-9-3-4-10(5-9)13(12)7-11/h3-4,6,8-10,12-13H,5,7H2,1-2H3. The number of rotatable bonds is 3. The fourth-order valence-electron chi connectivity index (χ4n) is 3.54. The van der Waals surface area contributed by atoms with Crippen molar-refractivity contribution in [1.29, 1.82) is 0 Å². The van der Waals surface area contributed by atoms with Gasteiger partial charge in [-0.2, -0.15) is 0 Å². The molecule has 0 aromatic rings. The molecule has 92 valence electrons. The summed E-state index contributed by atoms with van der Waals surface area (Å²) in [5.41, 5.74) is 0. The first-order chi connectivity index (χ1) is 8.19. The lowest BCUT2D eigenvalue weighted by Gasteiger charge is -2.19. The smallest absolute Gasteiger partial charge is 0.346 e. The molecule has 2 bridgehead atoms. The summed E-state index contributed by atoms with van der Waals surface area (Å²) in [6.07, 6.45) is 8.73. The second-order valence-electron chi connectivity index (χ2n) is 5.31. The second kappa shape index (κ2) is 3.90. The van der Waals surface area contributed by atoms with E-state index in [0.717, 1.165) is 18.1 Å². The van der Waals surface area contributed by atoms with Crippen molar-refractivity contribution in [1.82, 2.24) is 0 Å². The van der Waals surface area contributed by atoms with Crippen LogP contribution in [0.5, 0.6) is 0 Å². The second-order valence-corrected chi connectivity index (χ2v) is 5.31. The van der Waals surface area contributed by atoms with Crippen LogP contribution in [-0.2, 0) is 14.3 Å². The molecule has 3 aliphatic rings. The highest BCUT2D eigenvalue weighted by molar-refractivity contribution is 5.74. The number of methoxy groups -OCH3 is 1. The fourth-order valence-corrected chi connectivity index (χ4v) is 3.54. The van der Waals surface area contributed by atoms with E-state index in [4.69, 9.17) is 4.74 Å². The predicted octanol–water partition coefficient (Wildman–Crippen LogP) is 2.29. The van der Waals surface area contributed by atoms with E-state index >= 15 is 0 Å². The van der Waals surface area contributed by atoms with Crippen molar-refractivity contribution < 1.29 is 14.3 Å². The lowest BCUT2D eigenvalue weighted by Crippen LogP contribution is -2.21. The summed E-state index contributed by atoms with van der Waals surface area (Å²) in [5, 5.41) is 0. The normalized spacial score (nSPS) is 38.8. The maximum Gasteiger partial charge on any atom is 0.346 e. The molecule has 0 saturated heterocycles. The lowest BCUT2D eigenvalue weighted by atomic mass is 9.86. The van der Waals surface area contributed by atoms with Gasteiger partial charge in [0.2, 0.25) is 0 Å². The quantitative estimate of drug-likeness (QED) is 0.555. The third-order valence-corrected chi connectivity index (χ3v) is 4.37. The highest BCUT2D eigenvalue weighted by atomic mass is 16.6. The monoisotopic (exact) mass is 234 g/mol. The van der Waals surface area contributed by atoms with Gasteiger partial charge in [0, 0.05) is 6.42 Å². The van der Waals surface area contributed by atoms with Gasteiger partial charge in [0.1, 0.15) is 0 Å². The third kappa shape index (κ3) is 1.68. The van der Waals surface area contributed by atoms with Crippen molar-refractivity contribution in [2.75, 3.05) is 7.11 Å². The molecular formula is C14H18O3. The number of carbonyl (C=O) groups is 1. The molecule has 1 saturated carbocycles.